The second-order valence-corrected chi connectivity index (χ2v) is 6.51. The molecule has 2 rings (SSSR count). The van der Waals surface area contributed by atoms with Crippen LogP contribution in [0.1, 0.15) is 42.4 Å². The first-order valence-electron chi connectivity index (χ1n) is 8.37. The van der Waals surface area contributed by atoms with E-state index < -0.39 is 0 Å². The van der Waals surface area contributed by atoms with Crippen LogP contribution >= 0.6 is 0 Å². The van der Waals surface area contributed by atoms with E-state index in [1.807, 2.05) is 13.0 Å². The highest BCUT2D eigenvalue weighted by molar-refractivity contribution is 5.75. The largest absolute Gasteiger partial charge is 0.395 e. The molecule has 1 aromatic rings. The number of hydrogen-bond acceptors (Lipinski definition) is 5. The maximum atomic E-state index is 11.8. The third-order valence-corrected chi connectivity index (χ3v) is 4.31. The summed E-state index contributed by atoms with van der Waals surface area (Å²) >= 11 is 0. The molecule has 1 saturated heterocycles. The van der Waals surface area contributed by atoms with Crippen LogP contribution in [0.2, 0.25) is 0 Å². The van der Waals surface area contributed by atoms with Crippen molar-refractivity contribution in [3.05, 3.63) is 23.3 Å². The lowest BCUT2D eigenvalue weighted by Crippen LogP contribution is -2.37. The number of amides is 1. The number of carbonyl (C=O) groups excluding carboxylic acids is 1. The second-order valence-electron chi connectivity index (χ2n) is 6.51. The van der Waals surface area contributed by atoms with Gasteiger partial charge in [0.1, 0.15) is 5.82 Å². The normalized spacial score (nSPS) is 18.9. The zero-order valence-corrected chi connectivity index (χ0v) is 14.5. The minimum Gasteiger partial charge on any atom is -0.395 e. The molecule has 2 heterocycles. The zero-order valence-electron chi connectivity index (χ0n) is 14.5. The molecule has 0 radical (unpaired) electrons. The van der Waals surface area contributed by atoms with Gasteiger partial charge >= 0.3 is 0 Å². The molecule has 1 fully saturated rings. The standard InChI is InChI=1S/C17H28N4O2/c1-13-11-15(6-7-16(23)20(2)3)19-17(18-13)14-5-4-8-21(12-14)9-10-22/h11,14,22H,4-10,12H2,1-3H3/t14-/m0/s1. The summed E-state index contributed by atoms with van der Waals surface area (Å²) in [5.41, 5.74) is 1.91. The summed E-state index contributed by atoms with van der Waals surface area (Å²) in [6, 6.07) is 1.97. The zero-order chi connectivity index (χ0) is 16.8. The van der Waals surface area contributed by atoms with E-state index >= 15 is 0 Å². The number of likely N-dealkylation sites (tertiary alicyclic amines) is 1. The summed E-state index contributed by atoms with van der Waals surface area (Å²) in [5, 5.41) is 9.12. The van der Waals surface area contributed by atoms with E-state index in [0.717, 1.165) is 43.1 Å². The molecule has 0 unspecified atom stereocenters. The van der Waals surface area contributed by atoms with Crippen LogP contribution in [0.4, 0.5) is 0 Å². The Bertz CT molecular complexity index is 531. The highest BCUT2D eigenvalue weighted by Crippen LogP contribution is 2.24. The topological polar surface area (TPSA) is 69.6 Å². The number of nitrogens with zero attached hydrogens (tertiary/aromatic N) is 4. The van der Waals surface area contributed by atoms with Gasteiger partial charge in [-0.2, -0.15) is 0 Å². The molecule has 0 aliphatic carbocycles. The van der Waals surface area contributed by atoms with Gasteiger partial charge in [0.2, 0.25) is 5.91 Å². The van der Waals surface area contributed by atoms with Gasteiger partial charge in [-0.1, -0.05) is 0 Å². The van der Waals surface area contributed by atoms with Gasteiger partial charge in [0.15, 0.2) is 0 Å². The van der Waals surface area contributed by atoms with Crippen molar-refractivity contribution in [2.75, 3.05) is 40.3 Å². The minimum absolute atomic E-state index is 0.120. The fourth-order valence-corrected chi connectivity index (χ4v) is 3.04. The quantitative estimate of drug-likeness (QED) is 0.846. The summed E-state index contributed by atoms with van der Waals surface area (Å²) in [7, 11) is 3.55. The summed E-state index contributed by atoms with van der Waals surface area (Å²) in [4.78, 5) is 25.0. The van der Waals surface area contributed by atoms with E-state index in [2.05, 4.69) is 9.88 Å². The first-order valence-corrected chi connectivity index (χ1v) is 8.37. The van der Waals surface area contributed by atoms with E-state index in [1.165, 1.54) is 0 Å². The number of aliphatic hydroxyl groups excluding tert-OH is 1. The van der Waals surface area contributed by atoms with Gasteiger partial charge in [-0.05, 0) is 38.8 Å². The maximum absolute atomic E-state index is 11.8. The van der Waals surface area contributed by atoms with Crippen LogP contribution < -0.4 is 0 Å². The fourth-order valence-electron chi connectivity index (χ4n) is 3.04. The van der Waals surface area contributed by atoms with Gasteiger partial charge in [0.05, 0.1) is 6.61 Å². The van der Waals surface area contributed by atoms with Crippen molar-refractivity contribution in [1.82, 2.24) is 19.8 Å². The van der Waals surface area contributed by atoms with Gasteiger partial charge in [0.25, 0.3) is 0 Å². The molecule has 0 aromatic carbocycles. The SMILES string of the molecule is Cc1cc(CCC(=O)N(C)C)nc([C@H]2CCCN(CCO)C2)n1. The molecule has 128 valence electrons. The second kappa shape index (κ2) is 8.36. The number of aromatic nitrogens is 2. The van der Waals surface area contributed by atoms with Crippen molar-refractivity contribution in [3.8, 4) is 0 Å². The predicted octanol–water partition coefficient (Wildman–Crippen LogP) is 0.978. The number of aliphatic hydroxyl groups is 1. The predicted molar refractivity (Wildman–Crippen MR) is 89.3 cm³/mol. The van der Waals surface area contributed by atoms with E-state index in [1.54, 1.807) is 19.0 Å². The number of aryl methyl sites for hydroxylation is 2. The molecule has 1 N–H and O–H groups in total. The van der Waals surface area contributed by atoms with E-state index in [0.29, 0.717) is 25.3 Å². The minimum atomic E-state index is 0.120. The van der Waals surface area contributed by atoms with Crippen molar-refractivity contribution in [2.24, 2.45) is 0 Å². The molecule has 0 spiro atoms. The van der Waals surface area contributed by atoms with Gasteiger partial charge in [-0.25, -0.2) is 9.97 Å². The van der Waals surface area contributed by atoms with Crippen LogP contribution in [0, 0.1) is 6.92 Å². The van der Waals surface area contributed by atoms with Crippen LogP contribution in [0.3, 0.4) is 0 Å². The number of rotatable bonds is 6. The highest BCUT2D eigenvalue weighted by atomic mass is 16.3. The third-order valence-electron chi connectivity index (χ3n) is 4.31. The third kappa shape index (κ3) is 5.25. The number of piperidine rings is 1. The molecule has 0 saturated carbocycles. The molecule has 6 nitrogen and oxygen atoms in total. The van der Waals surface area contributed by atoms with Crippen LogP contribution in [-0.4, -0.2) is 71.1 Å². The smallest absolute Gasteiger partial charge is 0.222 e. The molecular formula is C17H28N4O2. The number of carbonyl (C=O) groups is 1. The Labute approximate surface area is 138 Å². The van der Waals surface area contributed by atoms with E-state index in [9.17, 15) is 4.79 Å². The lowest BCUT2D eigenvalue weighted by atomic mass is 9.97. The summed E-state index contributed by atoms with van der Waals surface area (Å²) < 4.78 is 0. The van der Waals surface area contributed by atoms with Crippen molar-refractivity contribution < 1.29 is 9.90 Å². The summed E-state index contributed by atoms with van der Waals surface area (Å²) in [6.45, 7) is 4.83. The Hall–Kier alpha value is -1.53. The molecule has 1 aliphatic heterocycles. The van der Waals surface area contributed by atoms with Crippen LogP contribution in [0.5, 0.6) is 0 Å². The molecule has 1 atom stereocenters. The average molecular weight is 320 g/mol. The first-order chi connectivity index (χ1) is 11.0. The van der Waals surface area contributed by atoms with Gasteiger partial charge in [0, 0.05) is 50.9 Å². The highest BCUT2D eigenvalue weighted by Gasteiger charge is 2.23. The lowest BCUT2D eigenvalue weighted by molar-refractivity contribution is -0.128. The molecule has 6 heteroatoms. The van der Waals surface area contributed by atoms with Gasteiger partial charge < -0.3 is 14.9 Å². The Morgan fingerprint density at radius 1 is 1.43 bits per heavy atom. The van der Waals surface area contributed by atoms with Crippen molar-refractivity contribution in [2.45, 2.75) is 38.5 Å². The van der Waals surface area contributed by atoms with Gasteiger partial charge in [-0.3, -0.25) is 4.79 Å². The number of hydrogen-bond donors (Lipinski definition) is 1. The van der Waals surface area contributed by atoms with Gasteiger partial charge in [-0.15, -0.1) is 0 Å². The first kappa shape index (κ1) is 17.8. The van der Waals surface area contributed by atoms with Crippen LogP contribution in [0.15, 0.2) is 6.07 Å². The monoisotopic (exact) mass is 320 g/mol. The fraction of sp³-hybridized carbons (Fsp3) is 0.706. The average Bonchev–Trinajstić information content (AvgIpc) is 2.52. The lowest BCUT2D eigenvalue weighted by Gasteiger charge is -2.31. The van der Waals surface area contributed by atoms with E-state index in [-0.39, 0.29) is 12.5 Å². The van der Waals surface area contributed by atoms with Crippen LogP contribution in [-0.2, 0) is 11.2 Å². The molecule has 1 aromatic heterocycles. The molecule has 1 aliphatic rings. The molecular weight excluding hydrogens is 292 g/mol. The Morgan fingerprint density at radius 3 is 2.91 bits per heavy atom. The Kier molecular flexibility index (Phi) is 6.47. The number of β-amino-alcohol motifs (C(OH)–C–C–N with tert-alkyl or cyclic N) is 1. The molecule has 23 heavy (non-hydrogen) atoms. The molecule has 0 bridgehead atoms. The maximum Gasteiger partial charge on any atom is 0.222 e. The van der Waals surface area contributed by atoms with Crippen molar-refractivity contribution >= 4 is 5.91 Å². The Morgan fingerprint density at radius 2 is 2.22 bits per heavy atom. The summed E-state index contributed by atoms with van der Waals surface area (Å²) in [5.74, 6) is 1.33. The Balaban J connectivity index is 2.05. The van der Waals surface area contributed by atoms with Crippen LogP contribution in [0.25, 0.3) is 0 Å². The van der Waals surface area contributed by atoms with Crippen molar-refractivity contribution in [1.29, 1.82) is 0 Å². The molecule has 1 amide bonds. The van der Waals surface area contributed by atoms with E-state index in [4.69, 9.17) is 10.1 Å². The summed E-state index contributed by atoms with van der Waals surface area (Å²) in [6.07, 6.45) is 3.32. The van der Waals surface area contributed by atoms with Crippen molar-refractivity contribution in [3.63, 3.8) is 0 Å².